The molecule has 1 aliphatic rings. The van der Waals surface area contributed by atoms with Gasteiger partial charge in [0.2, 0.25) is 5.91 Å². The van der Waals surface area contributed by atoms with Crippen molar-refractivity contribution >= 4 is 11.6 Å². The summed E-state index contributed by atoms with van der Waals surface area (Å²) in [5, 5.41) is 2.80. The summed E-state index contributed by atoms with van der Waals surface area (Å²) in [6.45, 7) is 1.28. The van der Waals surface area contributed by atoms with Gasteiger partial charge in [0.1, 0.15) is 6.61 Å². The lowest BCUT2D eigenvalue weighted by Gasteiger charge is -2.07. The van der Waals surface area contributed by atoms with Crippen LogP contribution in [-0.2, 0) is 16.1 Å². The van der Waals surface area contributed by atoms with Crippen molar-refractivity contribution in [2.24, 2.45) is 11.7 Å². The summed E-state index contributed by atoms with van der Waals surface area (Å²) in [5.74, 6) is 0.731. The monoisotopic (exact) mass is 248 g/mol. The van der Waals surface area contributed by atoms with E-state index in [1.165, 1.54) is 12.8 Å². The lowest BCUT2D eigenvalue weighted by atomic mass is 10.2. The molecular formula is C14H20N2O2. The highest BCUT2D eigenvalue weighted by Gasteiger charge is 2.20. The summed E-state index contributed by atoms with van der Waals surface area (Å²) in [7, 11) is 0. The van der Waals surface area contributed by atoms with Crippen LogP contribution in [0.15, 0.2) is 24.3 Å². The Labute approximate surface area is 108 Å². The van der Waals surface area contributed by atoms with Crippen molar-refractivity contribution in [3.63, 3.8) is 0 Å². The number of hydrogen-bond acceptors (Lipinski definition) is 3. The van der Waals surface area contributed by atoms with E-state index in [1.54, 1.807) is 0 Å². The predicted octanol–water partition coefficient (Wildman–Crippen LogP) is 1.90. The Bertz CT molecular complexity index is 403. The molecule has 4 nitrogen and oxygen atoms in total. The van der Waals surface area contributed by atoms with Crippen LogP contribution in [0.3, 0.4) is 0 Å². The maximum atomic E-state index is 11.6. The van der Waals surface area contributed by atoms with Gasteiger partial charge >= 0.3 is 0 Å². The Morgan fingerprint density at radius 2 is 2.28 bits per heavy atom. The van der Waals surface area contributed by atoms with Crippen LogP contribution in [0.25, 0.3) is 0 Å². The van der Waals surface area contributed by atoms with Crippen molar-refractivity contribution in [3.8, 4) is 0 Å². The number of rotatable bonds is 7. The van der Waals surface area contributed by atoms with Crippen LogP contribution < -0.4 is 11.1 Å². The molecule has 0 radical (unpaired) electrons. The number of carbonyl (C=O) groups is 1. The molecule has 0 spiro atoms. The smallest absolute Gasteiger partial charge is 0.250 e. The molecule has 3 N–H and O–H groups in total. The Morgan fingerprint density at radius 3 is 3.00 bits per heavy atom. The predicted molar refractivity (Wildman–Crippen MR) is 71.1 cm³/mol. The van der Waals surface area contributed by atoms with Gasteiger partial charge in [0, 0.05) is 18.8 Å². The van der Waals surface area contributed by atoms with E-state index in [9.17, 15) is 4.79 Å². The van der Waals surface area contributed by atoms with Gasteiger partial charge < -0.3 is 15.8 Å². The topological polar surface area (TPSA) is 64.3 Å². The molecule has 18 heavy (non-hydrogen) atoms. The molecule has 0 saturated heterocycles. The van der Waals surface area contributed by atoms with E-state index in [2.05, 4.69) is 5.32 Å². The van der Waals surface area contributed by atoms with Crippen molar-refractivity contribution in [3.05, 3.63) is 29.8 Å². The van der Waals surface area contributed by atoms with Crippen LogP contribution in [0.1, 0.15) is 24.8 Å². The van der Waals surface area contributed by atoms with Crippen LogP contribution in [0.2, 0.25) is 0 Å². The van der Waals surface area contributed by atoms with Crippen LogP contribution >= 0.6 is 0 Å². The normalized spacial score (nSPS) is 14.5. The number of hydrogen-bond donors (Lipinski definition) is 2. The second-order valence-corrected chi connectivity index (χ2v) is 4.74. The number of anilines is 1. The summed E-state index contributed by atoms with van der Waals surface area (Å²) in [6, 6.07) is 7.54. The first-order chi connectivity index (χ1) is 8.78. The molecule has 1 amide bonds. The molecule has 1 aliphatic carbocycles. The molecule has 4 heteroatoms. The van der Waals surface area contributed by atoms with Crippen LogP contribution in [0.4, 0.5) is 5.69 Å². The molecule has 98 valence electrons. The standard InChI is InChI=1S/C14H20N2O2/c15-9-12-2-1-3-13(8-12)16-14(17)10-18-7-6-11-4-5-11/h1-3,8,11H,4-7,9-10,15H2,(H,16,17). The summed E-state index contributed by atoms with van der Waals surface area (Å²) >= 11 is 0. The Morgan fingerprint density at radius 1 is 1.44 bits per heavy atom. The molecule has 0 bridgehead atoms. The minimum Gasteiger partial charge on any atom is -0.372 e. The molecule has 1 saturated carbocycles. The van der Waals surface area contributed by atoms with Gasteiger partial charge in [0.05, 0.1) is 0 Å². The van der Waals surface area contributed by atoms with Gasteiger partial charge in [-0.15, -0.1) is 0 Å². The van der Waals surface area contributed by atoms with Crippen molar-refractivity contribution in [2.75, 3.05) is 18.5 Å². The Hall–Kier alpha value is -1.39. The van der Waals surface area contributed by atoms with Crippen molar-refractivity contribution < 1.29 is 9.53 Å². The first-order valence-corrected chi connectivity index (χ1v) is 6.44. The zero-order valence-electron chi connectivity index (χ0n) is 10.5. The number of benzene rings is 1. The van der Waals surface area contributed by atoms with Crippen molar-refractivity contribution in [2.45, 2.75) is 25.8 Å². The van der Waals surface area contributed by atoms with Gasteiger partial charge in [-0.25, -0.2) is 0 Å². The van der Waals surface area contributed by atoms with Crippen molar-refractivity contribution in [1.82, 2.24) is 0 Å². The van der Waals surface area contributed by atoms with Gasteiger partial charge in [0.15, 0.2) is 0 Å². The lowest BCUT2D eigenvalue weighted by Crippen LogP contribution is -2.18. The molecular weight excluding hydrogens is 228 g/mol. The Kier molecular flexibility index (Phi) is 4.73. The van der Waals surface area contributed by atoms with Crippen LogP contribution in [0, 0.1) is 5.92 Å². The summed E-state index contributed by atoms with van der Waals surface area (Å²) < 4.78 is 5.34. The third-order valence-electron chi connectivity index (χ3n) is 3.05. The highest BCUT2D eigenvalue weighted by atomic mass is 16.5. The van der Waals surface area contributed by atoms with E-state index in [4.69, 9.17) is 10.5 Å². The lowest BCUT2D eigenvalue weighted by molar-refractivity contribution is -0.120. The molecule has 0 unspecified atom stereocenters. The number of amides is 1. The van der Waals surface area contributed by atoms with Gasteiger partial charge in [-0.05, 0) is 30.0 Å². The zero-order valence-corrected chi connectivity index (χ0v) is 10.5. The van der Waals surface area contributed by atoms with Gasteiger partial charge in [-0.3, -0.25) is 4.79 Å². The zero-order chi connectivity index (χ0) is 12.8. The van der Waals surface area contributed by atoms with E-state index >= 15 is 0 Å². The third-order valence-corrected chi connectivity index (χ3v) is 3.05. The first kappa shape index (κ1) is 13.1. The van der Waals surface area contributed by atoms with E-state index in [0.717, 1.165) is 23.6 Å². The highest BCUT2D eigenvalue weighted by Crippen LogP contribution is 2.32. The van der Waals surface area contributed by atoms with Crippen molar-refractivity contribution in [1.29, 1.82) is 0 Å². The van der Waals surface area contributed by atoms with Crippen LogP contribution in [-0.4, -0.2) is 19.1 Å². The van der Waals surface area contributed by atoms with E-state index < -0.39 is 0 Å². The fourth-order valence-corrected chi connectivity index (χ4v) is 1.79. The second kappa shape index (κ2) is 6.52. The molecule has 1 aromatic carbocycles. The SMILES string of the molecule is NCc1cccc(NC(=O)COCCC2CC2)c1. The first-order valence-electron chi connectivity index (χ1n) is 6.44. The third kappa shape index (κ3) is 4.47. The van der Waals surface area contributed by atoms with E-state index in [0.29, 0.717) is 13.2 Å². The van der Waals surface area contributed by atoms with Gasteiger partial charge in [-0.1, -0.05) is 25.0 Å². The molecule has 1 aromatic rings. The molecule has 0 aliphatic heterocycles. The minimum atomic E-state index is -0.111. The number of carbonyl (C=O) groups excluding carboxylic acids is 1. The van der Waals surface area contributed by atoms with Crippen LogP contribution in [0.5, 0.6) is 0 Å². The Balaban J connectivity index is 1.68. The maximum Gasteiger partial charge on any atom is 0.250 e. The minimum absolute atomic E-state index is 0.111. The molecule has 1 fully saturated rings. The highest BCUT2D eigenvalue weighted by molar-refractivity contribution is 5.91. The van der Waals surface area contributed by atoms with Gasteiger partial charge in [0.25, 0.3) is 0 Å². The summed E-state index contributed by atoms with van der Waals surface area (Å²) in [6.07, 6.45) is 3.72. The average Bonchev–Trinajstić information content (AvgIpc) is 3.19. The fraction of sp³-hybridized carbons (Fsp3) is 0.500. The molecule has 0 atom stereocenters. The average molecular weight is 248 g/mol. The van der Waals surface area contributed by atoms with Gasteiger partial charge in [-0.2, -0.15) is 0 Å². The second-order valence-electron chi connectivity index (χ2n) is 4.74. The van der Waals surface area contributed by atoms with E-state index in [1.807, 2.05) is 24.3 Å². The molecule has 2 rings (SSSR count). The largest absolute Gasteiger partial charge is 0.372 e. The maximum absolute atomic E-state index is 11.6. The molecule has 0 aromatic heterocycles. The summed E-state index contributed by atoms with van der Waals surface area (Å²) in [4.78, 5) is 11.6. The number of nitrogens with two attached hydrogens (primary N) is 1. The molecule has 0 heterocycles. The summed E-state index contributed by atoms with van der Waals surface area (Å²) in [5.41, 5.74) is 7.32. The number of ether oxygens (including phenoxy) is 1. The fourth-order valence-electron chi connectivity index (χ4n) is 1.79. The number of nitrogens with one attached hydrogen (secondary N) is 1. The quantitative estimate of drug-likeness (QED) is 0.724. The van der Waals surface area contributed by atoms with E-state index in [-0.39, 0.29) is 12.5 Å².